The van der Waals surface area contributed by atoms with E-state index in [0.717, 1.165) is 16.9 Å². The average Bonchev–Trinajstić information content (AvgIpc) is 2.69. The third-order valence-electron chi connectivity index (χ3n) is 5.81. The van der Waals surface area contributed by atoms with Gasteiger partial charge in [0.05, 0.1) is 12.8 Å². The number of benzene rings is 2. The van der Waals surface area contributed by atoms with E-state index in [-0.39, 0.29) is 5.04 Å². The highest BCUT2D eigenvalue weighted by molar-refractivity contribution is 6.80. The van der Waals surface area contributed by atoms with Gasteiger partial charge in [-0.3, -0.25) is 0 Å². The molecule has 0 bridgehead atoms. The molecular weight excluding hydrogens is 473 g/mol. The summed E-state index contributed by atoms with van der Waals surface area (Å²) in [5.41, 5.74) is 2.47. The minimum Gasteiger partial charge on any atom is -0.497 e. The molecule has 176 valence electrons. The van der Waals surface area contributed by atoms with Gasteiger partial charge >= 0.3 is 0 Å². The molecule has 0 saturated heterocycles. The van der Waals surface area contributed by atoms with Crippen molar-refractivity contribution in [3.8, 4) is 5.75 Å². The Hall–Kier alpha value is -1.12. The fourth-order valence-electron chi connectivity index (χ4n) is 2.98. The number of ether oxygens (including phenoxy) is 1. The Morgan fingerprint density at radius 2 is 1.41 bits per heavy atom. The smallest absolute Gasteiger partial charge is 0.187 e. The SMILES string of the molecule is COc1ccc(/C(=N/[Si](C)(C)C(C)(C)C)C(Cl)(Cl)C(O[Si](C)(C)C)c2ccccc2)cc1. The number of nitrogens with zero attached hydrogens (tertiary/aromatic N) is 1. The topological polar surface area (TPSA) is 30.8 Å². The summed E-state index contributed by atoms with van der Waals surface area (Å²) in [4.78, 5) is 0. The normalized spacial score (nSPS) is 14.9. The first-order chi connectivity index (χ1) is 14.6. The summed E-state index contributed by atoms with van der Waals surface area (Å²) >= 11 is 14.6. The van der Waals surface area contributed by atoms with Gasteiger partial charge in [0.1, 0.15) is 11.9 Å². The Balaban J connectivity index is 2.75. The molecule has 7 heteroatoms. The molecule has 1 unspecified atom stereocenters. The largest absolute Gasteiger partial charge is 0.497 e. The number of alkyl halides is 2. The molecule has 2 aromatic rings. The number of methoxy groups -OCH3 is 1. The molecule has 0 fully saturated rings. The monoisotopic (exact) mass is 509 g/mol. The maximum absolute atomic E-state index is 7.30. The summed E-state index contributed by atoms with van der Waals surface area (Å²) in [6.07, 6.45) is -0.552. The van der Waals surface area contributed by atoms with Gasteiger partial charge in [-0.1, -0.05) is 74.3 Å². The molecule has 0 heterocycles. The molecule has 0 aliphatic rings. The quantitative estimate of drug-likeness (QED) is 0.203. The Kier molecular flexibility index (Phi) is 8.49. The Morgan fingerprint density at radius 1 is 0.875 bits per heavy atom. The Morgan fingerprint density at radius 3 is 1.84 bits per heavy atom. The van der Waals surface area contributed by atoms with Crippen LogP contribution in [0.2, 0.25) is 37.8 Å². The number of rotatable bonds is 8. The van der Waals surface area contributed by atoms with E-state index in [9.17, 15) is 0 Å². The zero-order valence-electron chi connectivity index (χ0n) is 20.8. The molecule has 2 rings (SSSR count). The summed E-state index contributed by atoms with van der Waals surface area (Å²) in [6.45, 7) is 17.6. The zero-order chi connectivity index (χ0) is 24.4. The Bertz CT molecular complexity index is 916. The maximum Gasteiger partial charge on any atom is 0.187 e. The zero-order valence-corrected chi connectivity index (χ0v) is 24.3. The summed E-state index contributed by atoms with van der Waals surface area (Å²) in [5, 5.41) is 0.0243. The van der Waals surface area contributed by atoms with Crippen LogP contribution in [-0.2, 0) is 4.43 Å². The van der Waals surface area contributed by atoms with Crippen molar-refractivity contribution in [2.75, 3.05) is 7.11 Å². The van der Waals surface area contributed by atoms with Gasteiger partial charge in [-0.25, -0.2) is 0 Å². The highest BCUT2D eigenvalue weighted by atomic mass is 35.5. The van der Waals surface area contributed by atoms with Crippen LogP contribution in [0.15, 0.2) is 59.3 Å². The van der Waals surface area contributed by atoms with E-state index in [1.165, 1.54) is 0 Å². The van der Waals surface area contributed by atoms with Crippen LogP contribution in [0.3, 0.4) is 0 Å². The van der Waals surface area contributed by atoms with Crippen LogP contribution in [0.4, 0.5) is 0 Å². The van der Waals surface area contributed by atoms with E-state index in [0.29, 0.717) is 5.71 Å². The number of hydrogen-bond acceptors (Lipinski definition) is 3. The standard InChI is InChI=1S/C25H37Cl2NO2Si2/c1-24(2,3)32(8,9)28-22(19-15-17-21(29-4)18-16-19)25(26,27)23(30-31(5,6)7)20-13-11-10-12-14-20/h10-18,23H,1-9H3/b28-22-. The van der Waals surface area contributed by atoms with Crippen molar-refractivity contribution in [1.82, 2.24) is 0 Å². The summed E-state index contributed by atoms with van der Waals surface area (Å²) < 4.78 is 15.9. The van der Waals surface area contributed by atoms with Crippen molar-refractivity contribution in [3.05, 3.63) is 65.7 Å². The first-order valence-electron chi connectivity index (χ1n) is 10.9. The molecule has 0 N–H and O–H groups in total. The van der Waals surface area contributed by atoms with E-state index < -0.39 is 27.0 Å². The lowest BCUT2D eigenvalue weighted by Gasteiger charge is -2.39. The van der Waals surface area contributed by atoms with Crippen LogP contribution in [0.25, 0.3) is 0 Å². The van der Waals surface area contributed by atoms with Gasteiger partial charge in [0.15, 0.2) is 20.9 Å². The molecule has 1 atom stereocenters. The summed E-state index contributed by atoms with van der Waals surface area (Å²) in [5.74, 6) is 0.771. The van der Waals surface area contributed by atoms with E-state index in [4.69, 9.17) is 37.0 Å². The summed E-state index contributed by atoms with van der Waals surface area (Å²) in [6, 6.07) is 17.8. The molecule has 0 aliphatic heterocycles. The second-order valence-corrected chi connectivity index (χ2v) is 21.3. The molecule has 32 heavy (non-hydrogen) atoms. The van der Waals surface area contributed by atoms with Gasteiger partial charge < -0.3 is 13.8 Å². The van der Waals surface area contributed by atoms with Crippen LogP contribution >= 0.6 is 23.2 Å². The van der Waals surface area contributed by atoms with Gasteiger partial charge in [-0.15, -0.1) is 0 Å². The molecule has 0 spiro atoms. The molecule has 0 radical (unpaired) electrons. The van der Waals surface area contributed by atoms with Crippen molar-refractivity contribution < 1.29 is 9.16 Å². The van der Waals surface area contributed by atoms with Crippen molar-refractivity contribution in [1.29, 1.82) is 0 Å². The molecule has 0 aromatic heterocycles. The predicted octanol–water partition coefficient (Wildman–Crippen LogP) is 8.26. The van der Waals surface area contributed by atoms with Crippen molar-refractivity contribution in [3.63, 3.8) is 0 Å². The molecule has 0 amide bonds. The number of hydrogen-bond donors (Lipinski definition) is 0. The highest BCUT2D eigenvalue weighted by Gasteiger charge is 2.46. The van der Waals surface area contributed by atoms with Crippen LogP contribution < -0.4 is 4.74 Å². The molecule has 0 saturated carbocycles. The van der Waals surface area contributed by atoms with Crippen LogP contribution in [0, 0.1) is 0 Å². The first kappa shape index (κ1) is 27.1. The molecule has 0 aliphatic carbocycles. The lowest BCUT2D eigenvalue weighted by Crippen LogP contribution is -2.44. The minimum atomic E-state index is -2.14. The van der Waals surface area contributed by atoms with E-state index >= 15 is 0 Å². The fraction of sp³-hybridized carbons (Fsp3) is 0.480. The average molecular weight is 511 g/mol. The summed E-state index contributed by atoms with van der Waals surface area (Å²) in [7, 11) is -2.49. The van der Waals surface area contributed by atoms with Gasteiger partial charge in [-0.05, 0) is 73.2 Å². The highest BCUT2D eigenvalue weighted by Crippen LogP contribution is 2.46. The van der Waals surface area contributed by atoms with Crippen LogP contribution in [0.1, 0.15) is 38.0 Å². The van der Waals surface area contributed by atoms with Gasteiger partial charge in [0.25, 0.3) is 0 Å². The van der Waals surface area contributed by atoms with E-state index in [1.54, 1.807) is 7.11 Å². The first-order valence-corrected chi connectivity index (χ1v) is 18.0. The molecule has 3 nitrogen and oxygen atoms in total. The van der Waals surface area contributed by atoms with Crippen molar-refractivity contribution >= 4 is 45.5 Å². The Labute approximate surface area is 206 Å². The predicted molar refractivity (Wildman–Crippen MR) is 145 cm³/mol. The molecular formula is C25H37Cl2NO2Si2. The second-order valence-electron chi connectivity index (χ2n) is 10.6. The second kappa shape index (κ2) is 10.0. The van der Waals surface area contributed by atoms with Gasteiger partial charge in [0, 0.05) is 0 Å². The fourth-order valence-corrected chi connectivity index (χ4v) is 6.14. The molecule has 2 aromatic carbocycles. The van der Waals surface area contributed by atoms with Crippen molar-refractivity contribution in [2.24, 2.45) is 4.66 Å². The van der Waals surface area contributed by atoms with Crippen LogP contribution in [-0.4, -0.2) is 33.7 Å². The van der Waals surface area contributed by atoms with E-state index in [2.05, 4.69) is 53.5 Å². The van der Waals surface area contributed by atoms with Gasteiger partial charge in [-0.2, -0.15) is 0 Å². The van der Waals surface area contributed by atoms with Crippen LogP contribution in [0.5, 0.6) is 5.75 Å². The number of halogens is 2. The third-order valence-corrected chi connectivity index (χ3v) is 12.0. The van der Waals surface area contributed by atoms with Crippen molar-refractivity contribution in [2.45, 2.75) is 69.0 Å². The van der Waals surface area contributed by atoms with Gasteiger partial charge in [0.2, 0.25) is 0 Å². The maximum atomic E-state index is 7.30. The lowest BCUT2D eigenvalue weighted by atomic mass is 9.98. The lowest BCUT2D eigenvalue weighted by molar-refractivity contribution is 0.198. The third kappa shape index (κ3) is 6.70. The minimum absolute atomic E-state index is 0.0243. The van der Waals surface area contributed by atoms with E-state index in [1.807, 2.05) is 54.6 Å².